The van der Waals surface area contributed by atoms with Crippen LogP contribution < -0.4 is 10.6 Å². The molecule has 1 heterocycles. The summed E-state index contributed by atoms with van der Waals surface area (Å²) in [6.45, 7) is 3.48. The molecule has 1 aromatic carbocycles. The van der Waals surface area contributed by atoms with Crippen LogP contribution in [0.1, 0.15) is 31.4 Å². The molecule has 0 spiro atoms. The summed E-state index contributed by atoms with van der Waals surface area (Å²) in [4.78, 5) is 6.48. The summed E-state index contributed by atoms with van der Waals surface area (Å²) in [5.41, 5.74) is 1.18. The first-order valence-electron chi connectivity index (χ1n) is 9.63. The van der Waals surface area contributed by atoms with Gasteiger partial charge in [-0.05, 0) is 51.6 Å². The fourth-order valence-electron chi connectivity index (χ4n) is 3.33. The van der Waals surface area contributed by atoms with Crippen LogP contribution in [0, 0.1) is 0 Å². The third kappa shape index (κ3) is 6.34. The van der Waals surface area contributed by atoms with E-state index in [1.165, 1.54) is 5.56 Å². The Morgan fingerprint density at radius 3 is 2.39 bits per heavy atom. The first kappa shape index (κ1) is 22.9. The highest BCUT2D eigenvalue weighted by Crippen LogP contribution is 2.20. The van der Waals surface area contributed by atoms with Gasteiger partial charge in [0.15, 0.2) is 5.96 Å². The number of nitrogens with zero attached hydrogens (tertiary/aromatic N) is 3. The van der Waals surface area contributed by atoms with Crippen LogP contribution in [0.4, 0.5) is 0 Å². The Kier molecular flexibility index (Phi) is 8.55. The second-order valence-corrected chi connectivity index (χ2v) is 9.90. The zero-order valence-electron chi connectivity index (χ0n) is 17.2. The van der Waals surface area contributed by atoms with Crippen molar-refractivity contribution in [2.75, 3.05) is 46.5 Å². The molecule has 0 aliphatic carbocycles. The number of nitrogens with one attached hydrogen (secondary N) is 2. The van der Waals surface area contributed by atoms with Crippen LogP contribution in [0.15, 0.2) is 29.3 Å². The van der Waals surface area contributed by atoms with Crippen molar-refractivity contribution in [2.24, 2.45) is 4.99 Å². The number of rotatable bonds is 7. The number of likely N-dealkylation sites (N-methyl/N-ethyl adjacent to an activating group) is 1. The van der Waals surface area contributed by atoms with E-state index in [2.05, 4.69) is 20.5 Å². The van der Waals surface area contributed by atoms with Crippen LogP contribution in [0.2, 0.25) is 5.02 Å². The third-order valence-corrected chi connectivity index (χ3v) is 7.25. The monoisotopic (exact) mass is 429 g/mol. The Bertz CT molecular complexity index is 744. The van der Waals surface area contributed by atoms with Crippen LogP contribution in [0.5, 0.6) is 0 Å². The molecule has 1 aliphatic heterocycles. The van der Waals surface area contributed by atoms with E-state index in [1.807, 2.05) is 38.4 Å². The normalized spacial score (nSPS) is 18.3. The van der Waals surface area contributed by atoms with Gasteiger partial charge in [-0.1, -0.05) is 23.7 Å². The molecule has 158 valence electrons. The van der Waals surface area contributed by atoms with Gasteiger partial charge in [-0.25, -0.2) is 12.7 Å². The van der Waals surface area contributed by atoms with E-state index < -0.39 is 10.0 Å². The first-order chi connectivity index (χ1) is 13.3. The van der Waals surface area contributed by atoms with E-state index in [1.54, 1.807) is 18.3 Å². The quantitative estimate of drug-likeness (QED) is 0.511. The molecule has 0 aromatic heterocycles. The lowest BCUT2D eigenvalue weighted by Crippen LogP contribution is -2.50. The third-order valence-electron chi connectivity index (χ3n) is 5.12. The van der Waals surface area contributed by atoms with Crippen LogP contribution >= 0.6 is 11.6 Å². The highest BCUT2D eigenvalue weighted by molar-refractivity contribution is 7.89. The first-order valence-corrected chi connectivity index (χ1v) is 11.6. The summed E-state index contributed by atoms with van der Waals surface area (Å²) in [6, 6.07) is 8.26. The molecule has 1 saturated heterocycles. The molecule has 2 N–H and O–H groups in total. The maximum Gasteiger partial charge on any atom is 0.213 e. The molecule has 28 heavy (non-hydrogen) atoms. The molecule has 0 amide bonds. The van der Waals surface area contributed by atoms with Gasteiger partial charge in [0.05, 0.1) is 11.8 Å². The van der Waals surface area contributed by atoms with Crippen LogP contribution in [-0.2, 0) is 10.0 Å². The van der Waals surface area contributed by atoms with E-state index >= 15 is 0 Å². The van der Waals surface area contributed by atoms with Crippen molar-refractivity contribution >= 4 is 27.6 Å². The summed E-state index contributed by atoms with van der Waals surface area (Å²) in [7, 11) is 2.74. The number of guanidine groups is 1. The topological polar surface area (TPSA) is 77.0 Å². The van der Waals surface area contributed by atoms with Crippen molar-refractivity contribution < 1.29 is 8.42 Å². The van der Waals surface area contributed by atoms with Gasteiger partial charge in [0.25, 0.3) is 0 Å². The minimum Gasteiger partial charge on any atom is -0.354 e. The van der Waals surface area contributed by atoms with Crippen molar-refractivity contribution in [2.45, 2.75) is 31.8 Å². The molecular formula is C19H32ClN5O2S. The van der Waals surface area contributed by atoms with E-state index in [4.69, 9.17) is 11.6 Å². The van der Waals surface area contributed by atoms with Gasteiger partial charge in [-0.3, -0.25) is 4.99 Å². The Labute approximate surface area is 174 Å². The molecule has 0 radical (unpaired) electrons. The molecule has 2 rings (SSSR count). The maximum absolute atomic E-state index is 12.0. The second-order valence-electron chi connectivity index (χ2n) is 7.20. The number of piperidine rings is 1. The zero-order chi connectivity index (χ0) is 20.7. The van der Waals surface area contributed by atoms with Crippen molar-refractivity contribution in [1.82, 2.24) is 19.8 Å². The summed E-state index contributed by atoms with van der Waals surface area (Å²) < 4.78 is 25.6. The average Bonchev–Trinajstić information content (AvgIpc) is 2.68. The van der Waals surface area contributed by atoms with E-state index in [-0.39, 0.29) is 17.8 Å². The van der Waals surface area contributed by atoms with E-state index in [9.17, 15) is 8.42 Å². The smallest absolute Gasteiger partial charge is 0.213 e. The van der Waals surface area contributed by atoms with Crippen LogP contribution in [0.3, 0.4) is 0 Å². The van der Waals surface area contributed by atoms with Gasteiger partial charge in [-0.15, -0.1) is 0 Å². The summed E-state index contributed by atoms with van der Waals surface area (Å²) in [6.07, 6.45) is 1.54. The second kappa shape index (κ2) is 10.4. The van der Waals surface area contributed by atoms with Gasteiger partial charge < -0.3 is 15.5 Å². The number of sulfonamides is 1. The Balaban J connectivity index is 1.89. The number of hydrogen-bond donors (Lipinski definition) is 2. The minimum atomic E-state index is -3.10. The molecule has 0 saturated carbocycles. The predicted molar refractivity (Wildman–Crippen MR) is 116 cm³/mol. The molecule has 7 nitrogen and oxygen atoms in total. The van der Waals surface area contributed by atoms with Crippen molar-refractivity contribution in [1.29, 1.82) is 0 Å². The van der Waals surface area contributed by atoms with Crippen molar-refractivity contribution in [3.8, 4) is 0 Å². The van der Waals surface area contributed by atoms with Gasteiger partial charge >= 0.3 is 0 Å². The molecular weight excluding hydrogens is 398 g/mol. The van der Waals surface area contributed by atoms with E-state index in [0.29, 0.717) is 19.6 Å². The van der Waals surface area contributed by atoms with Gasteiger partial charge in [0, 0.05) is 37.7 Å². The minimum absolute atomic E-state index is 0.158. The molecule has 1 aromatic rings. The largest absolute Gasteiger partial charge is 0.354 e. The summed E-state index contributed by atoms with van der Waals surface area (Å²) in [5.74, 6) is 0.892. The molecule has 1 atom stereocenters. The van der Waals surface area contributed by atoms with Gasteiger partial charge in [0.1, 0.15) is 0 Å². The molecule has 1 aliphatic rings. The lowest BCUT2D eigenvalue weighted by Gasteiger charge is -2.32. The van der Waals surface area contributed by atoms with Crippen molar-refractivity contribution in [3.05, 3.63) is 34.9 Å². The summed E-state index contributed by atoms with van der Waals surface area (Å²) in [5, 5.41) is 7.55. The molecule has 1 unspecified atom stereocenters. The SMILES string of the molecule is CCS(=O)(=O)N1CCC(NC(=NC)NCC(c2ccc(Cl)cc2)N(C)C)CC1. The lowest BCUT2D eigenvalue weighted by molar-refractivity contribution is 0.293. The Morgan fingerprint density at radius 2 is 1.89 bits per heavy atom. The van der Waals surface area contributed by atoms with Crippen LogP contribution in [0.25, 0.3) is 0 Å². The zero-order valence-corrected chi connectivity index (χ0v) is 18.7. The molecule has 9 heteroatoms. The van der Waals surface area contributed by atoms with E-state index in [0.717, 1.165) is 23.8 Å². The number of benzene rings is 1. The molecule has 0 bridgehead atoms. The average molecular weight is 430 g/mol. The predicted octanol–water partition coefficient (Wildman–Crippen LogP) is 1.92. The van der Waals surface area contributed by atoms with Crippen LogP contribution in [-0.4, -0.2) is 76.2 Å². The highest BCUT2D eigenvalue weighted by Gasteiger charge is 2.27. The summed E-state index contributed by atoms with van der Waals surface area (Å²) >= 11 is 6.00. The number of aliphatic imine (C=N–C) groups is 1. The van der Waals surface area contributed by atoms with Gasteiger partial charge in [-0.2, -0.15) is 0 Å². The van der Waals surface area contributed by atoms with Gasteiger partial charge in [0.2, 0.25) is 10.0 Å². The standard InChI is InChI=1S/C19H32ClN5O2S/c1-5-28(26,27)25-12-10-17(11-13-25)23-19(21-2)22-14-18(24(3)4)15-6-8-16(20)9-7-15/h6-9,17-18H,5,10-14H2,1-4H3,(H2,21,22,23). The maximum atomic E-state index is 12.0. The fraction of sp³-hybridized carbons (Fsp3) is 0.632. The lowest BCUT2D eigenvalue weighted by atomic mass is 10.1. The highest BCUT2D eigenvalue weighted by atomic mass is 35.5. The fourth-order valence-corrected chi connectivity index (χ4v) is 4.58. The number of hydrogen-bond acceptors (Lipinski definition) is 4. The Morgan fingerprint density at radius 1 is 1.29 bits per heavy atom. The Hall–Kier alpha value is -1.35. The van der Waals surface area contributed by atoms with Crippen molar-refractivity contribution in [3.63, 3.8) is 0 Å². The molecule has 1 fully saturated rings. The number of halogens is 1.